The van der Waals surface area contributed by atoms with Crippen molar-refractivity contribution in [1.82, 2.24) is 9.88 Å². The average Bonchev–Trinajstić information content (AvgIpc) is 2.23. The van der Waals surface area contributed by atoms with Crippen LogP contribution < -0.4 is 5.73 Å². The first-order valence-corrected chi connectivity index (χ1v) is 5.20. The monoisotopic (exact) mass is 207 g/mol. The highest BCUT2D eigenvalue weighted by atomic mass is 16.5. The van der Waals surface area contributed by atoms with Crippen molar-refractivity contribution in [2.24, 2.45) is 0 Å². The van der Waals surface area contributed by atoms with Gasteiger partial charge in [-0.15, -0.1) is 0 Å². The van der Waals surface area contributed by atoms with Gasteiger partial charge < -0.3 is 10.5 Å². The Morgan fingerprint density at radius 2 is 2.33 bits per heavy atom. The van der Waals surface area contributed by atoms with Gasteiger partial charge in [0.15, 0.2) is 0 Å². The van der Waals surface area contributed by atoms with Crippen molar-refractivity contribution in [3.05, 3.63) is 23.9 Å². The fourth-order valence-electron chi connectivity index (χ4n) is 1.69. The number of nitrogen functional groups attached to an aromatic ring is 1. The number of likely N-dealkylation sites (N-methyl/N-ethyl adjacent to an activating group) is 1. The molecule has 1 aliphatic rings. The molecule has 0 spiro atoms. The van der Waals surface area contributed by atoms with E-state index in [1.165, 1.54) is 0 Å². The average molecular weight is 207 g/mol. The Kier molecular flexibility index (Phi) is 2.88. The molecule has 0 saturated carbocycles. The second-order valence-corrected chi connectivity index (χ2v) is 4.13. The number of hydrogen-bond donors (Lipinski definition) is 1. The van der Waals surface area contributed by atoms with Crippen LogP contribution in [0.15, 0.2) is 18.3 Å². The minimum absolute atomic E-state index is 0.124. The first-order valence-electron chi connectivity index (χ1n) is 5.20. The molecule has 2 rings (SSSR count). The number of morpholine rings is 1. The van der Waals surface area contributed by atoms with Gasteiger partial charge in [0.2, 0.25) is 0 Å². The maximum absolute atomic E-state index is 5.76. The summed E-state index contributed by atoms with van der Waals surface area (Å²) in [6, 6.07) is 4.29. The third-order valence-electron chi connectivity index (χ3n) is 2.93. The van der Waals surface area contributed by atoms with Crippen LogP contribution in [-0.4, -0.2) is 36.1 Å². The Balaban J connectivity index is 2.08. The van der Waals surface area contributed by atoms with E-state index in [2.05, 4.69) is 23.9 Å². The molecule has 2 atom stereocenters. The number of nitrogens with zero attached hydrogens (tertiary/aromatic N) is 2. The molecule has 0 aliphatic carbocycles. The fourth-order valence-corrected chi connectivity index (χ4v) is 1.69. The molecule has 2 N–H and O–H groups in total. The van der Waals surface area contributed by atoms with Crippen molar-refractivity contribution in [2.75, 3.05) is 25.9 Å². The van der Waals surface area contributed by atoms with Crippen LogP contribution in [0.3, 0.4) is 0 Å². The molecule has 0 bridgehead atoms. The van der Waals surface area contributed by atoms with Crippen molar-refractivity contribution in [2.45, 2.75) is 19.1 Å². The maximum atomic E-state index is 5.76. The SMILES string of the molecule is C[C@H]1CO[C@@H](c2ccc(N)nc2)CN1C. The van der Waals surface area contributed by atoms with E-state index in [-0.39, 0.29) is 6.10 Å². The molecule has 82 valence electrons. The van der Waals surface area contributed by atoms with Crippen LogP contribution >= 0.6 is 0 Å². The predicted molar refractivity (Wildman–Crippen MR) is 59.4 cm³/mol. The van der Waals surface area contributed by atoms with E-state index in [9.17, 15) is 0 Å². The summed E-state index contributed by atoms with van der Waals surface area (Å²) in [6.45, 7) is 3.84. The molecule has 1 saturated heterocycles. The fraction of sp³-hybridized carbons (Fsp3) is 0.545. The Hall–Kier alpha value is -1.13. The van der Waals surface area contributed by atoms with E-state index in [0.29, 0.717) is 11.9 Å². The summed E-state index contributed by atoms with van der Waals surface area (Å²) in [5, 5.41) is 0. The molecule has 0 aromatic carbocycles. The molecule has 0 radical (unpaired) electrons. The topological polar surface area (TPSA) is 51.4 Å². The van der Waals surface area contributed by atoms with Gasteiger partial charge in [-0.1, -0.05) is 6.07 Å². The lowest BCUT2D eigenvalue weighted by atomic mass is 10.1. The van der Waals surface area contributed by atoms with Gasteiger partial charge in [0.05, 0.1) is 12.7 Å². The number of aromatic nitrogens is 1. The smallest absolute Gasteiger partial charge is 0.123 e. The molecule has 1 aromatic rings. The molecule has 4 heteroatoms. The quantitative estimate of drug-likeness (QED) is 0.748. The molecule has 4 nitrogen and oxygen atoms in total. The van der Waals surface area contributed by atoms with Gasteiger partial charge >= 0.3 is 0 Å². The molecule has 1 fully saturated rings. The van der Waals surface area contributed by atoms with Crippen LogP contribution in [0, 0.1) is 0 Å². The van der Waals surface area contributed by atoms with Crippen molar-refractivity contribution in [3.8, 4) is 0 Å². The highest BCUT2D eigenvalue weighted by Gasteiger charge is 2.24. The first-order chi connectivity index (χ1) is 7.16. The summed E-state index contributed by atoms with van der Waals surface area (Å²) >= 11 is 0. The first kappa shape index (κ1) is 10.4. The Labute approximate surface area is 90.0 Å². The van der Waals surface area contributed by atoms with E-state index in [0.717, 1.165) is 18.7 Å². The summed E-state index contributed by atoms with van der Waals surface area (Å²) in [5.74, 6) is 0.552. The molecule has 15 heavy (non-hydrogen) atoms. The second-order valence-electron chi connectivity index (χ2n) is 4.13. The molecule has 0 amide bonds. The third kappa shape index (κ3) is 2.27. The van der Waals surface area contributed by atoms with Crippen LogP contribution in [-0.2, 0) is 4.74 Å². The van der Waals surface area contributed by atoms with Crippen LogP contribution in [0.25, 0.3) is 0 Å². The molecule has 2 heterocycles. The normalized spacial score (nSPS) is 27.9. The van der Waals surface area contributed by atoms with Gasteiger partial charge in [-0.3, -0.25) is 4.90 Å². The standard InChI is InChI=1S/C11H17N3O/c1-8-7-15-10(6-14(8)2)9-3-4-11(12)13-5-9/h3-5,8,10H,6-7H2,1-2H3,(H2,12,13)/t8-,10+/m0/s1. The lowest BCUT2D eigenvalue weighted by Gasteiger charge is -2.35. The molecule has 1 aliphatic heterocycles. The lowest BCUT2D eigenvalue weighted by molar-refractivity contribution is -0.0501. The number of ether oxygens (including phenoxy) is 1. The molecule has 0 unspecified atom stereocenters. The summed E-state index contributed by atoms with van der Waals surface area (Å²) in [5.41, 5.74) is 6.64. The minimum Gasteiger partial charge on any atom is -0.384 e. The third-order valence-corrected chi connectivity index (χ3v) is 2.93. The zero-order valence-electron chi connectivity index (χ0n) is 9.18. The van der Waals surface area contributed by atoms with Gasteiger partial charge in [-0.2, -0.15) is 0 Å². The van der Waals surface area contributed by atoms with Gasteiger partial charge in [-0.25, -0.2) is 4.98 Å². The zero-order valence-corrected chi connectivity index (χ0v) is 9.18. The number of hydrogen-bond acceptors (Lipinski definition) is 4. The Bertz CT molecular complexity index is 325. The van der Waals surface area contributed by atoms with Crippen LogP contribution in [0.4, 0.5) is 5.82 Å². The lowest BCUT2D eigenvalue weighted by Crippen LogP contribution is -2.42. The molecular formula is C11H17N3O. The van der Waals surface area contributed by atoms with Crippen molar-refractivity contribution in [1.29, 1.82) is 0 Å². The van der Waals surface area contributed by atoms with Crippen LogP contribution in [0.5, 0.6) is 0 Å². The number of nitrogens with two attached hydrogens (primary N) is 1. The van der Waals surface area contributed by atoms with Gasteiger partial charge in [0.25, 0.3) is 0 Å². The highest BCUT2D eigenvalue weighted by molar-refractivity contribution is 5.30. The Morgan fingerprint density at radius 1 is 1.53 bits per heavy atom. The summed E-state index contributed by atoms with van der Waals surface area (Å²) in [6.07, 6.45) is 1.92. The largest absolute Gasteiger partial charge is 0.384 e. The van der Waals surface area contributed by atoms with E-state index in [1.54, 1.807) is 6.20 Å². The number of anilines is 1. The van der Waals surface area contributed by atoms with Gasteiger partial charge in [0.1, 0.15) is 5.82 Å². The minimum atomic E-state index is 0.124. The van der Waals surface area contributed by atoms with E-state index >= 15 is 0 Å². The van der Waals surface area contributed by atoms with Crippen molar-refractivity contribution >= 4 is 5.82 Å². The maximum Gasteiger partial charge on any atom is 0.123 e. The highest BCUT2D eigenvalue weighted by Crippen LogP contribution is 2.23. The Morgan fingerprint density at radius 3 is 2.93 bits per heavy atom. The van der Waals surface area contributed by atoms with Crippen LogP contribution in [0.1, 0.15) is 18.6 Å². The van der Waals surface area contributed by atoms with E-state index < -0.39 is 0 Å². The van der Waals surface area contributed by atoms with Crippen molar-refractivity contribution < 1.29 is 4.74 Å². The molecule has 1 aromatic heterocycles. The van der Waals surface area contributed by atoms with Gasteiger partial charge in [-0.05, 0) is 20.0 Å². The summed E-state index contributed by atoms with van der Waals surface area (Å²) in [4.78, 5) is 6.37. The zero-order chi connectivity index (χ0) is 10.8. The summed E-state index contributed by atoms with van der Waals surface area (Å²) < 4.78 is 5.76. The molecular weight excluding hydrogens is 190 g/mol. The van der Waals surface area contributed by atoms with E-state index in [4.69, 9.17) is 10.5 Å². The second kappa shape index (κ2) is 4.16. The van der Waals surface area contributed by atoms with Crippen molar-refractivity contribution in [3.63, 3.8) is 0 Å². The predicted octanol–water partition coefficient (Wildman–Crippen LogP) is 1.06. The number of rotatable bonds is 1. The number of pyridine rings is 1. The van der Waals surface area contributed by atoms with E-state index in [1.807, 2.05) is 12.1 Å². The summed E-state index contributed by atoms with van der Waals surface area (Å²) in [7, 11) is 2.12. The van der Waals surface area contributed by atoms with Crippen LogP contribution in [0.2, 0.25) is 0 Å². The van der Waals surface area contributed by atoms with Gasteiger partial charge in [0, 0.05) is 24.3 Å².